The Labute approximate surface area is 123 Å². The van der Waals surface area contributed by atoms with Crippen molar-refractivity contribution in [3.8, 4) is 10.6 Å². The summed E-state index contributed by atoms with van der Waals surface area (Å²) in [4.78, 5) is 3.87. The number of benzene rings is 1. The number of alkyl halides is 3. The fourth-order valence-electron chi connectivity index (χ4n) is 1.91. The molecular weight excluding hydrogens is 304 g/mol. The summed E-state index contributed by atoms with van der Waals surface area (Å²) in [6, 6.07) is 3.97. The van der Waals surface area contributed by atoms with Gasteiger partial charge in [0.05, 0.1) is 4.88 Å². The fourth-order valence-corrected chi connectivity index (χ4v) is 3.06. The standard InChI is InChI=1S/C14H14F4N2S/c1-3-19-7-11-12(14(16,17)18)20-13(21-11)10-5-4-9(15)6-8(10)2/h4-6,19H,3,7H2,1-2H3. The average molecular weight is 318 g/mol. The maximum Gasteiger partial charge on any atom is 0.434 e. The SMILES string of the molecule is CCNCc1sc(-c2ccc(F)cc2C)nc1C(F)(F)F. The van der Waals surface area contributed by atoms with Gasteiger partial charge in [-0.2, -0.15) is 13.2 Å². The fraction of sp³-hybridized carbons (Fsp3) is 0.357. The van der Waals surface area contributed by atoms with Crippen molar-refractivity contribution < 1.29 is 17.6 Å². The van der Waals surface area contributed by atoms with Crippen molar-refractivity contribution in [3.05, 3.63) is 40.2 Å². The highest BCUT2D eigenvalue weighted by molar-refractivity contribution is 7.15. The van der Waals surface area contributed by atoms with E-state index >= 15 is 0 Å². The van der Waals surface area contributed by atoms with Crippen molar-refractivity contribution in [2.45, 2.75) is 26.6 Å². The number of aryl methyl sites for hydroxylation is 1. The van der Waals surface area contributed by atoms with Crippen LogP contribution in [0.25, 0.3) is 10.6 Å². The minimum absolute atomic E-state index is 0.114. The van der Waals surface area contributed by atoms with Crippen molar-refractivity contribution in [2.24, 2.45) is 0 Å². The van der Waals surface area contributed by atoms with Gasteiger partial charge < -0.3 is 5.32 Å². The first kappa shape index (κ1) is 15.9. The average Bonchev–Trinajstić information content (AvgIpc) is 2.80. The number of thiazole rings is 1. The second-order valence-corrected chi connectivity index (χ2v) is 5.61. The number of nitrogens with one attached hydrogen (secondary N) is 1. The zero-order chi connectivity index (χ0) is 15.6. The van der Waals surface area contributed by atoms with Crippen LogP contribution in [0.2, 0.25) is 0 Å². The molecule has 0 unspecified atom stereocenters. The van der Waals surface area contributed by atoms with Gasteiger partial charge in [-0.05, 0) is 37.2 Å². The Balaban J connectivity index is 2.47. The zero-order valence-electron chi connectivity index (χ0n) is 11.5. The van der Waals surface area contributed by atoms with E-state index in [0.29, 0.717) is 17.7 Å². The van der Waals surface area contributed by atoms with Crippen LogP contribution < -0.4 is 5.32 Å². The molecule has 2 aromatic rings. The Bertz CT molecular complexity index is 634. The summed E-state index contributed by atoms with van der Waals surface area (Å²) in [6.45, 7) is 4.15. The second-order valence-electron chi connectivity index (χ2n) is 4.53. The van der Waals surface area contributed by atoms with Gasteiger partial charge in [0, 0.05) is 12.1 Å². The largest absolute Gasteiger partial charge is 0.434 e. The third-order valence-corrected chi connectivity index (χ3v) is 4.01. The molecule has 114 valence electrons. The van der Waals surface area contributed by atoms with Crippen LogP contribution in [0.4, 0.5) is 17.6 Å². The van der Waals surface area contributed by atoms with Gasteiger partial charge in [0.1, 0.15) is 10.8 Å². The Hall–Kier alpha value is -1.47. The van der Waals surface area contributed by atoms with Crippen LogP contribution in [0.15, 0.2) is 18.2 Å². The van der Waals surface area contributed by atoms with Crippen LogP contribution in [-0.4, -0.2) is 11.5 Å². The van der Waals surface area contributed by atoms with Crippen LogP contribution in [-0.2, 0) is 12.7 Å². The van der Waals surface area contributed by atoms with Gasteiger partial charge in [0.15, 0.2) is 5.69 Å². The lowest BCUT2D eigenvalue weighted by Crippen LogP contribution is -2.15. The molecule has 0 saturated heterocycles. The smallest absolute Gasteiger partial charge is 0.312 e. The summed E-state index contributed by atoms with van der Waals surface area (Å²) in [5.74, 6) is -0.420. The predicted molar refractivity (Wildman–Crippen MR) is 74.6 cm³/mol. The van der Waals surface area contributed by atoms with Crippen molar-refractivity contribution >= 4 is 11.3 Å². The van der Waals surface area contributed by atoms with Crippen molar-refractivity contribution in [2.75, 3.05) is 6.54 Å². The lowest BCUT2D eigenvalue weighted by molar-refractivity contribution is -0.141. The summed E-state index contributed by atoms with van der Waals surface area (Å²) in [6.07, 6.45) is -4.49. The summed E-state index contributed by atoms with van der Waals surface area (Å²) < 4.78 is 52.2. The van der Waals surface area contributed by atoms with Crippen LogP contribution in [0, 0.1) is 12.7 Å². The van der Waals surface area contributed by atoms with Gasteiger partial charge in [-0.15, -0.1) is 11.3 Å². The number of halogens is 4. The molecule has 2 nitrogen and oxygen atoms in total. The maximum absolute atomic E-state index is 13.1. The molecule has 0 radical (unpaired) electrons. The molecule has 1 N–H and O–H groups in total. The number of aromatic nitrogens is 1. The number of nitrogens with zero attached hydrogens (tertiary/aromatic N) is 1. The Kier molecular flexibility index (Phi) is 4.63. The minimum Gasteiger partial charge on any atom is -0.312 e. The third-order valence-electron chi connectivity index (χ3n) is 2.92. The lowest BCUT2D eigenvalue weighted by atomic mass is 10.1. The molecule has 1 aromatic heterocycles. The van der Waals surface area contributed by atoms with Crippen molar-refractivity contribution in [3.63, 3.8) is 0 Å². The zero-order valence-corrected chi connectivity index (χ0v) is 12.3. The summed E-state index contributed by atoms with van der Waals surface area (Å²) in [5.41, 5.74) is 0.217. The topological polar surface area (TPSA) is 24.9 Å². The van der Waals surface area contributed by atoms with Gasteiger partial charge in [-0.3, -0.25) is 0 Å². The second kappa shape index (κ2) is 6.11. The van der Waals surface area contributed by atoms with Gasteiger partial charge in [0.2, 0.25) is 0 Å². The van der Waals surface area contributed by atoms with E-state index < -0.39 is 17.7 Å². The molecule has 7 heteroatoms. The molecule has 0 bridgehead atoms. The molecule has 1 aromatic carbocycles. The molecular formula is C14H14F4N2S. The Morgan fingerprint density at radius 1 is 1.29 bits per heavy atom. The summed E-state index contributed by atoms with van der Waals surface area (Å²) >= 11 is 0.983. The van der Waals surface area contributed by atoms with E-state index in [2.05, 4.69) is 10.3 Å². The molecule has 21 heavy (non-hydrogen) atoms. The first-order valence-electron chi connectivity index (χ1n) is 6.37. The molecule has 1 heterocycles. The number of hydrogen-bond donors (Lipinski definition) is 1. The summed E-state index contributed by atoms with van der Waals surface area (Å²) in [5, 5.41) is 3.13. The predicted octanol–water partition coefficient (Wildman–Crippen LogP) is 4.39. The van der Waals surface area contributed by atoms with Gasteiger partial charge in [-0.1, -0.05) is 6.92 Å². The highest BCUT2D eigenvalue weighted by atomic mass is 32.1. The van der Waals surface area contributed by atoms with Crippen LogP contribution in [0.5, 0.6) is 0 Å². The van der Waals surface area contributed by atoms with Gasteiger partial charge in [0.25, 0.3) is 0 Å². The van der Waals surface area contributed by atoms with E-state index in [-0.39, 0.29) is 16.4 Å². The molecule has 0 spiro atoms. The molecule has 0 fully saturated rings. The first-order chi connectivity index (χ1) is 9.82. The van der Waals surface area contributed by atoms with Crippen LogP contribution >= 0.6 is 11.3 Å². The Morgan fingerprint density at radius 3 is 2.57 bits per heavy atom. The van der Waals surface area contributed by atoms with E-state index in [1.807, 2.05) is 6.92 Å². The molecule has 0 aliphatic heterocycles. The minimum atomic E-state index is -4.49. The number of rotatable bonds is 4. The lowest BCUT2D eigenvalue weighted by Gasteiger charge is -2.05. The maximum atomic E-state index is 13.1. The van der Waals surface area contributed by atoms with Gasteiger partial charge >= 0.3 is 6.18 Å². The number of hydrogen-bond acceptors (Lipinski definition) is 3. The molecule has 0 aliphatic rings. The van der Waals surface area contributed by atoms with E-state index in [9.17, 15) is 17.6 Å². The third kappa shape index (κ3) is 3.59. The highest BCUT2D eigenvalue weighted by Gasteiger charge is 2.37. The molecule has 2 rings (SSSR count). The molecule has 0 aliphatic carbocycles. The van der Waals surface area contributed by atoms with E-state index in [1.165, 1.54) is 18.2 Å². The monoisotopic (exact) mass is 318 g/mol. The first-order valence-corrected chi connectivity index (χ1v) is 7.18. The van der Waals surface area contributed by atoms with Crippen molar-refractivity contribution in [1.82, 2.24) is 10.3 Å². The molecule has 0 amide bonds. The van der Waals surface area contributed by atoms with Gasteiger partial charge in [-0.25, -0.2) is 9.37 Å². The molecule has 0 saturated carbocycles. The van der Waals surface area contributed by atoms with E-state index in [1.54, 1.807) is 6.92 Å². The normalized spacial score (nSPS) is 11.9. The summed E-state index contributed by atoms with van der Waals surface area (Å²) in [7, 11) is 0. The van der Waals surface area contributed by atoms with Crippen LogP contribution in [0.1, 0.15) is 23.1 Å². The van der Waals surface area contributed by atoms with Crippen LogP contribution in [0.3, 0.4) is 0 Å². The van der Waals surface area contributed by atoms with E-state index in [0.717, 1.165) is 11.3 Å². The quantitative estimate of drug-likeness (QED) is 0.846. The van der Waals surface area contributed by atoms with Crippen molar-refractivity contribution in [1.29, 1.82) is 0 Å². The highest BCUT2D eigenvalue weighted by Crippen LogP contribution is 2.38. The van der Waals surface area contributed by atoms with E-state index in [4.69, 9.17) is 0 Å². The molecule has 0 atom stereocenters. The Morgan fingerprint density at radius 2 is 2.00 bits per heavy atom.